The number of carbonyl (C=O) groups excluding carboxylic acids is 1. The topological polar surface area (TPSA) is 38.8 Å². The van der Waals surface area contributed by atoms with Gasteiger partial charge >= 0.3 is 0 Å². The SMILES string of the molecule is COc1ccc(/C=C2\SC(=S)N(C3CCCC3)C2=O)c(OC)c1. The second-order valence-corrected chi connectivity index (χ2v) is 7.27. The number of nitrogens with zero attached hydrogens (tertiary/aromatic N) is 1. The van der Waals surface area contributed by atoms with Crippen LogP contribution in [0.1, 0.15) is 31.2 Å². The van der Waals surface area contributed by atoms with E-state index in [9.17, 15) is 4.79 Å². The van der Waals surface area contributed by atoms with Crippen LogP contribution in [0.2, 0.25) is 0 Å². The molecule has 1 heterocycles. The molecule has 0 unspecified atom stereocenters. The van der Waals surface area contributed by atoms with Gasteiger partial charge in [-0.1, -0.05) is 36.8 Å². The maximum Gasteiger partial charge on any atom is 0.266 e. The van der Waals surface area contributed by atoms with E-state index < -0.39 is 0 Å². The van der Waals surface area contributed by atoms with Crippen molar-refractivity contribution < 1.29 is 14.3 Å². The molecular weight excluding hydrogens is 330 g/mol. The molecule has 0 aromatic heterocycles. The summed E-state index contributed by atoms with van der Waals surface area (Å²) in [6.07, 6.45) is 6.30. The monoisotopic (exact) mass is 349 g/mol. The third-order valence-electron chi connectivity index (χ3n) is 4.24. The number of thiocarbonyl (C=S) groups is 1. The van der Waals surface area contributed by atoms with Crippen LogP contribution in [0.15, 0.2) is 23.1 Å². The summed E-state index contributed by atoms with van der Waals surface area (Å²) in [5, 5.41) is 0. The normalized spacial score (nSPS) is 20.6. The lowest BCUT2D eigenvalue weighted by Crippen LogP contribution is -2.36. The smallest absolute Gasteiger partial charge is 0.266 e. The van der Waals surface area contributed by atoms with Crippen molar-refractivity contribution in [3.63, 3.8) is 0 Å². The van der Waals surface area contributed by atoms with Crippen molar-refractivity contribution in [3.8, 4) is 11.5 Å². The van der Waals surface area contributed by atoms with Crippen LogP contribution in [0.5, 0.6) is 11.5 Å². The molecule has 0 radical (unpaired) electrons. The van der Waals surface area contributed by atoms with Crippen LogP contribution in [0.25, 0.3) is 6.08 Å². The van der Waals surface area contributed by atoms with Crippen molar-refractivity contribution in [1.82, 2.24) is 4.90 Å². The van der Waals surface area contributed by atoms with E-state index in [0.29, 0.717) is 15.0 Å². The molecule has 6 heteroatoms. The first-order valence-corrected chi connectivity index (χ1v) is 8.85. The molecule has 1 aliphatic heterocycles. The fourth-order valence-electron chi connectivity index (χ4n) is 3.04. The molecule has 23 heavy (non-hydrogen) atoms. The standard InChI is InChI=1S/C17H19NO3S2/c1-20-13-8-7-11(14(10-13)21-2)9-15-16(19)18(17(22)23-15)12-5-3-4-6-12/h7-10,12H,3-6H2,1-2H3/b15-9-. The van der Waals surface area contributed by atoms with Gasteiger partial charge < -0.3 is 9.47 Å². The fraction of sp³-hybridized carbons (Fsp3) is 0.412. The van der Waals surface area contributed by atoms with Gasteiger partial charge in [0.1, 0.15) is 15.8 Å². The lowest BCUT2D eigenvalue weighted by atomic mass is 10.1. The molecule has 0 atom stereocenters. The van der Waals surface area contributed by atoms with Gasteiger partial charge in [0.25, 0.3) is 5.91 Å². The quantitative estimate of drug-likeness (QED) is 0.610. The molecule has 1 saturated heterocycles. The zero-order valence-electron chi connectivity index (χ0n) is 13.2. The van der Waals surface area contributed by atoms with E-state index in [-0.39, 0.29) is 11.9 Å². The van der Waals surface area contributed by atoms with Crippen LogP contribution in [0, 0.1) is 0 Å². The van der Waals surface area contributed by atoms with Crippen molar-refractivity contribution in [2.75, 3.05) is 14.2 Å². The first-order chi connectivity index (χ1) is 11.1. The Kier molecular flexibility index (Phi) is 4.92. The summed E-state index contributed by atoms with van der Waals surface area (Å²) < 4.78 is 11.3. The Balaban J connectivity index is 1.88. The Bertz CT molecular complexity index is 666. The minimum atomic E-state index is 0.0183. The van der Waals surface area contributed by atoms with E-state index in [1.807, 2.05) is 24.3 Å². The average molecular weight is 349 g/mol. The highest BCUT2D eigenvalue weighted by Crippen LogP contribution is 2.39. The predicted octanol–water partition coefficient (Wildman–Crippen LogP) is 3.85. The second kappa shape index (κ2) is 6.93. The molecule has 2 aliphatic rings. The first-order valence-electron chi connectivity index (χ1n) is 7.63. The second-order valence-electron chi connectivity index (χ2n) is 5.60. The molecule has 1 amide bonds. The van der Waals surface area contributed by atoms with Gasteiger partial charge in [-0.05, 0) is 31.1 Å². The van der Waals surface area contributed by atoms with Crippen LogP contribution >= 0.6 is 24.0 Å². The molecule has 3 rings (SSSR count). The Morgan fingerprint density at radius 2 is 2.00 bits per heavy atom. The Morgan fingerprint density at radius 3 is 2.65 bits per heavy atom. The maximum absolute atomic E-state index is 12.7. The van der Waals surface area contributed by atoms with Gasteiger partial charge in [-0.2, -0.15) is 0 Å². The number of thioether (sulfide) groups is 1. The molecule has 0 N–H and O–H groups in total. The molecule has 2 fully saturated rings. The van der Waals surface area contributed by atoms with Crippen LogP contribution < -0.4 is 9.47 Å². The molecule has 1 saturated carbocycles. The Labute approximate surface area is 145 Å². The number of amides is 1. The number of ether oxygens (including phenoxy) is 2. The van der Waals surface area contributed by atoms with E-state index in [1.165, 1.54) is 24.6 Å². The van der Waals surface area contributed by atoms with E-state index in [0.717, 1.165) is 24.2 Å². The summed E-state index contributed by atoms with van der Waals surface area (Å²) in [7, 11) is 3.22. The van der Waals surface area contributed by atoms with Crippen LogP contribution in [0.3, 0.4) is 0 Å². The Hall–Kier alpha value is -1.53. The van der Waals surface area contributed by atoms with E-state index in [1.54, 1.807) is 19.1 Å². The molecule has 4 nitrogen and oxygen atoms in total. The zero-order chi connectivity index (χ0) is 16.4. The van der Waals surface area contributed by atoms with Gasteiger partial charge in [0, 0.05) is 17.7 Å². The lowest BCUT2D eigenvalue weighted by Gasteiger charge is -2.21. The lowest BCUT2D eigenvalue weighted by molar-refractivity contribution is -0.123. The summed E-state index contributed by atoms with van der Waals surface area (Å²) in [6, 6.07) is 5.82. The molecule has 1 aromatic rings. The van der Waals surface area contributed by atoms with Gasteiger partial charge in [-0.25, -0.2) is 0 Å². The number of hydrogen-bond donors (Lipinski definition) is 0. The van der Waals surface area contributed by atoms with E-state index in [4.69, 9.17) is 21.7 Å². The van der Waals surface area contributed by atoms with Crippen molar-refractivity contribution in [3.05, 3.63) is 28.7 Å². The van der Waals surface area contributed by atoms with Gasteiger partial charge in [0.05, 0.1) is 19.1 Å². The van der Waals surface area contributed by atoms with Gasteiger partial charge in [0.15, 0.2) is 0 Å². The maximum atomic E-state index is 12.7. The number of rotatable bonds is 4. The highest BCUT2D eigenvalue weighted by atomic mass is 32.2. The van der Waals surface area contributed by atoms with Crippen LogP contribution in [0.4, 0.5) is 0 Å². The van der Waals surface area contributed by atoms with Crippen molar-refractivity contribution in [2.24, 2.45) is 0 Å². The van der Waals surface area contributed by atoms with Crippen LogP contribution in [-0.4, -0.2) is 35.4 Å². The van der Waals surface area contributed by atoms with Crippen molar-refractivity contribution in [2.45, 2.75) is 31.7 Å². The molecular formula is C17H19NO3S2. The van der Waals surface area contributed by atoms with Gasteiger partial charge in [-0.15, -0.1) is 0 Å². The highest BCUT2D eigenvalue weighted by molar-refractivity contribution is 8.26. The molecule has 122 valence electrons. The molecule has 0 spiro atoms. The van der Waals surface area contributed by atoms with E-state index >= 15 is 0 Å². The summed E-state index contributed by atoms with van der Waals surface area (Å²) in [5.41, 5.74) is 0.847. The average Bonchev–Trinajstić information content (AvgIpc) is 3.16. The molecule has 1 aromatic carbocycles. The van der Waals surface area contributed by atoms with E-state index in [2.05, 4.69) is 0 Å². The fourth-order valence-corrected chi connectivity index (χ4v) is 4.43. The number of benzene rings is 1. The van der Waals surface area contributed by atoms with Gasteiger partial charge in [-0.3, -0.25) is 9.69 Å². The number of carbonyl (C=O) groups is 1. The van der Waals surface area contributed by atoms with Crippen molar-refractivity contribution in [1.29, 1.82) is 0 Å². The first kappa shape index (κ1) is 16.3. The minimum Gasteiger partial charge on any atom is -0.497 e. The highest BCUT2D eigenvalue weighted by Gasteiger charge is 2.38. The zero-order valence-corrected chi connectivity index (χ0v) is 14.8. The molecule has 1 aliphatic carbocycles. The third kappa shape index (κ3) is 3.23. The number of hydrogen-bond acceptors (Lipinski definition) is 5. The summed E-state index contributed by atoms with van der Waals surface area (Å²) in [4.78, 5) is 15.2. The van der Waals surface area contributed by atoms with Crippen molar-refractivity contribution >= 4 is 40.3 Å². The summed E-state index contributed by atoms with van der Waals surface area (Å²) in [6.45, 7) is 0. The van der Waals surface area contributed by atoms with Crippen LogP contribution in [-0.2, 0) is 4.79 Å². The minimum absolute atomic E-state index is 0.0183. The third-order valence-corrected chi connectivity index (χ3v) is 5.57. The van der Waals surface area contributed by atoms with Gasteiger partial charge in [0.2, 0.25) is 0 Å². The predicted molar refractivity (Wildman–Crippen MR) is 96.8 cm³/mol. The Morgan fingerprint density at radius 1 is 1.26 bits per heavy atom. The largest absolute Gasteiger partial charge is 0.497 e. The summed E-state index contributed by atoms with van der Waals surface area (Å²) in [5.74, 6) is 1.41. The summed E-state index contributed by atoms with van der Waals surface area (Å²) >= 11 is 6.80. The molecule has 0 bridgehead atoms. The number of methoxy groups -OCH3 is 2.